The number of nitrogens with zero attached hydrogens (tertiary/aromatic N) is 1. The summed E-state index contributed by atoms with van der Waals surface area (Å²) in [5, 5.41) is 3.79. The number of benzene rings is 1. The molecule has 0 atom stereocenters. The van der Waals surface area contributed by atoms with Crippen molar-refractivity contribution < 1.29 is 4.79 Å². The molecule has 1 aromatic heterocycles. The van der Waals surface area contributed by atoms with Gasteiger partial charge in [-0.25, -0.2) is 0 Å². The molecule has 0 saturated heterocycles. The summed E-state index contributed by atoms with van der Waals surface area (Å²) in [4.78, 5) is 16.3. The molecule has 0 unspecified atom stereocenters. The lowest BCUT2D eigenvalue weighted by molar-refractivity contribution is 0.0954. The number of pyridine rings is 1. The zero-order valence-corrected chi connectivity index (χ0v) is 10.2. The predicted octanol–water partition coefficient (Wildman–Crippen LogP) is 1.70. The molecule has 0 fully saturated rings. The van der Waals surface area contributed by atoms with E-state index < -0.39 is 0 Å². The highest BCUT2D eigenvalue weighted by Crippen LogP contribution is 2.15. The maximum absolute atomic E-state index is 12.1. The number of nitrogens with one attached hydrogen (secondary N) is 1. The second kappa shape index (κ2) is 6.12. The van der Waals surface area contributed by atoms with Gasteiger partial charge in [0, 0.05) is 18.1 Å². The first-order valence-corrected chi connectivity index (χ1v) is 6.15. The van der Waals surface area contributed by atoms with Gasteiger partial charge in [-0.05, 0) is 31.5 Å². The van der Waals surface area contributed by atoms with Crippen molar-refractivity contribution in [3.05, 3.63) is 42.1 Å². The van der Waals surface area contributed by atoms with Crippen LogP contribution in [-0.2, 0) is 0 Å². The predicted molar refractivity (Wildman–Crippen MR) is 72.4 cm³/mol. The Hall–Kier alpha value is -1.94. The molecule has 0 radical (unpaired) electrons. The van der Waals surface area contributed by atoms with Crippen molar-refractivity contribution in [2.75, 3.05) is 13.1 Å². The van der Waals surface area contributed by atoms with Gasteiger partial charge in [0.15, 0.2) is 0 Å². The summed E-state index contributed by atoms with van der Waals surface area (Å²) in [5.41, 5.74) is 6.92. The van der Waals surface area contributed by atoms with Crippen LogP contribution in [0.4, 0.5) is 0 Å². The first-order valence-electron chi connectivity index (χ1n) is 6.15. The minimum absolute atomic E-state index is 0.0504. The van der Waals surface area contributed by atoms with Gasteiger partial charge < -0.3 is 11.1 Å². The highest BCUT2D eigenvalue weighted by Gasteiger charge is 2.09. The van der Waals surface area contributed by atoms with E-state index in [2.05, 4.69) is 10.3 Å². The molecule has 0 spiro atoms. The van der Waals surface area contributed by atoms with Crippen LogP contribution in [0.5, 0.6) is 0 Å². The van der Waals surface area contributed by atoms with Crippen LogP contribution in [0, 0.1) is 0 Å². The Kier molecular flexibility index (Phi) is 4.25. The molecular formula is C14H17N3O. The lowest BCUT2D eigenvalue weighted by Gasteiger charge is -2.07. The SMILES string of the molecule is NCCCCNC(=O)c1ccnc2ccccc12. The van der Waals surface area contributed by atoms with Crippen molar-refractivity contribution in [3.63, 3.8) is 0 Å². The van der Waals surface area contributed by atoms with Crippen LogP contribution >= 0.6 is 0 Å². The van der Waals surface area contributed by atoms with Crippen LogP contribution in [0.3, 0.4) is 0 Å². The molecule has 1 heterocycles. The number of amides is 1. The van der Waals surface area contributed by atoms with Crippen LogP contribution in [-0.4, -0.2) is 24.0 Å². The molecule has 4 heteroatoms. The van der Waals surface area contributed by atoms with Gasteiger partial charge in [0.1, 0.15) is 0 Å². The Bertz CT molecular complexity index is 534. The van der Waals surface area contributed by atoms with Gasteiger partial charge in [0.05, 0.1) is 11.1 Å². The number of hydrogen-bond acceptors (Lipinski definition) is 3. The van der Waals surface area contributed by atoms with E-state index in [1.165, 1.54) is 0 Å². The highest BCUT2D eigenvalue weighted by molar-refractivity contribution is 6.05. The lowest BCUT2D eigenvalue weighted by Crippen LogP contribution is -2.25. The summed E-state index contributed by atoms with van der Waals surface area (Å²) in [5.74, 6) is -0.0504. The minimum atomic E-state index is -0.0504. The van der Waals surface area contributed by atoms with Crippen LogP contribution in [0.2, 0.25) is 0 Å². The average Bonchev–Trinajstić information content (AvgIpc) is 2.43. The van der Waals surface area contributed by atoms with Crippen molar-refractivity contribution in [2.45, 2.75) is 12.8 Å². The third kappa shape index (κ3) is 2.84. The summed E-state index contributed by atoms with van der Waals surface area (Å²) in [6.07, 6.45) is 3.50. The summed E-state index contributed by atoms with van der Waals surface area (Å²) >= 11 is 0. The van der Waals surface area contributed by atoms with E-state index in [4.69, 9.17) is 5.73 Å². The van der Waals surface area contributed by atoms with Crippen LogP contribution < -0.4 is 11.1 Å². The third-order valence-electron chi connectivity index (χ3n) is 2.81. The van der Waals surface area contributed by atoms with E-state index in [0.717, 1.165) is 23.7 Å². The smallest absolute Gasteiger partial charge is 0.252 e. The van der Waals surface area contributed by atoms with Crippen LogP contribution in [0.25, 0.3) is 10.9 Å². The summed E-state index contributed by atoms with van der Waals surface area (Å²) < 4.78 is 0. The van der Waals surface area contributed by atoms with Gasteiger partial charge in [0.2, 0.25) is 0 Å². The fraction of sp³-hybridized carbons (Fsp3) is 0.286. The molecule has 18 heavy (non-hydrogen) atoms. The van der Waals surface area contributed by atoms with Crippen molar-refractivity contribution in [3.8, 4) is 0 Å². The molecule has 1 aromatic carbocycles. The number of carbonyl (C=O) groups excluding carboxylic acids is 1. The molecule has 0 bridgehead atoms. The molecule has 0 aliphatic heterocycles. The maximum Gasteiger partial charge on any atom is 0.252 e. The van der Waals surface area contributed by atoms with Gasteiger partial charge in [-0.2, -0.15) is 0 Å². The van der Waals surface area contributed by atoms with Crippen LogP contribution in [0.15, 0.2) is 36.5 Å². The minimum Gasteiger partial charge on any atom is -0.352 e. The average molecular weight is 243 g/mol. The van der Waals surface area contributed by atoms with Crippen molar-refractivity contribution in [1.82, 2.24) is 10.3 Å². The molecule has 0 saturated carbocycles. The fourth-order valence-corrected chi connectivity index (χ4v) is 1.86. The Labute approximate surface area is 106 Å². The Morgan fingerprint density at radius 3 is 2.89 bits per heavy atom. The zero-order valence-electron chi connectivity index (χ0n) is 10.2. The molecule has 0 aliphatic carbocycles. The number of para-hydroxylation sites is 1. The number of rotatable bonds is 5. The summed E-state index contributed by atoms with van der Waals surface area (Å²) in [6.45, 7) is 1.32. The first-order chi connectivity index (χ1) is 8.83. The number of unbranched alkanes of at least 4 members (excludes halogenated alkanes) is 1. The number of hydrogen-bond donors (Lipinski definition) is 2. The molecule has 0 aliphatic rings. The van der Waals surface area contributed by atoms with Gasteiger partial charge in [-0.3, -0.25) is 9.78 Å². The van der Waals surface area contributed by atoms with E-state index in [1.54, 1.807) is 12.3 Å². The molecule has 2 rings (SSSR count). The van der Waals surface area contributed by atoms with Crippen molar-refractivity contribution >= 4 is 16.8 Å². The topological polar surface area (TPSA) is 68.0 Å². The molecule has 1 amide bonds. The standard InChI is InChI=1S/C14H17N3O/c15-8-3-4-9-17-14(18)12-7-10-16-13-6-2-1-5-11(12)13/h1-2,5-7,10H,3-4,8-9,15H2,(H,17,18). The normalized spacial score (nSPS) is 10.5. The second-order valence-electron chi connectivity index (χ2n) is 4.13. The van der Waals surface area contributed by atoms with Gasteiger partial charge in [-0.1, -0.05) is 18.2 Å². The zero-order chi connectivity index (χ0) is 12.8. The van der Waals surface area contributed by atoms with Crippen molar-refractivity contribution in [1.29, 1.82) is 0 Å². The second-order valence-corrected chi connectivity index (χ2v) is 4.13. The fourth-order valence-electron chi connectivity index (χ4n) is 1.86. The monoisotopic (exact) mass is 243 g/mol. The van der Waals surface area contributed by atoms with E-state index in [9.17, 15) is 4.79 Å². The molecule has 3 N–H and O–H groups in total. The van der Waals surface area contributed by atoms with E-state index in [1.807, 2.05) is 24.3 Å². The maximum atomic E-state index is 12.1. The van der Waals surface area contributed by atoms with Crippen molar-refractivity contribution in [2.24, 2.45) is 5.73 Å². The molecule has 4 nitrogen and oxygen atoms in total. The highest BCUT2D eigenvalue weighted by atomic mass is 16.1. The van der Waals surface area contributed by atoms with E-state index in [0.29, 0.717) is 18.7 Å². The number of fused-ring (bicyclic) bond motifs is 1. The number of carbonyl (C=O) groups is 1. The molecule has 94 valence electrons. The molecular weight excluding hydrogens is 226 g/mol. The quantitative estimate of drug-likeness (QED) is 0.785. The van der Waals surface area contributed by atoms with Gasteiger partial charge >= 0.3 is 0 Å². The summed E-state index contributed by atoms with van der Waals surface area (Å²) in [6, 6.07) is 9.39. The third-order valence-corrected chi connectivity index (χ3v) is 2.81. The van der Waals surface area contributed by atoms with Gasteiger partial charge in [0.25, 0.3) is 5.91 Å². The Balaban J connectivity index is 2.13. The lowest BCUT2D eigenvalue weighted by atomic mass is 10.1. The van der Waals surface area contributed by atoms with Crippen LogP contribution in [0.1, 0.15) is 23.2 Å². The number of nitrogens with two attached hydrogens (primary N) is 1. The number of aromatic nitrogens is 1. The van der Waals surface area contributed by atoms with Gasteiger partial charge in [-0.15, -0.1) is 0 Å². The van der Waals surface area contributed by atoms with E-state index >= 15 is 0 Å². The molecule has 2 aromatic rings. The van der Waals surface area contributed by atoms with E-state index in [-0.39, 0.29) is 5.91 Å². The Morgan fingerprint density at radius 1 is 1.22 bits per heavy atom. The summed E-state index contributed by atoms with van der Waals surface area (Å²) in [7, 11) is 0. The largest absolute Gasteiger partial charge is 0.352 e. The Morgan fingerprint density at radius 2 is 2.06 bits per heavy atom. The first kappa shape index (κ1) is 12.5.